The summed E-state index contributed by atoms with van der Waals surface area (Å²) in [5.74, 6) is 0. The molecule has 0 aromatic carbocycles. The molecular formula is C6H14NO2P. The van der Waals surface area contributed by atoms with Crippen LogP contribution in [-0.2, 0) is 9.30 Å². The number of nitrogens with zero attached hydrogens (tertiary/aromatic N) is 1. The summed E-state index contributed by atoms with van der Waals surface area (Å²) in [7, 11) is -1.99. The fraction of sp³-hybridized carbons (Fsp3) is 1.00. The van der Waals surface area contributed by atoms with Gasteiger partial charge < -0.3 is 9.30 Å². The van der Waals surface area contributed by atoms with Crippen LogP contribution >= 0.6 is 7.29 Å². The molecule has 0 aromatic heterocycles. The van der Waals surface area contributed by atoms with Crippen LogP contribution in [0, 0.1) is 0 Å². The molecule has 0 amide bonds. The van der Waals surface area contributed by atoms with Gasteiger partial charge in [-0.15, -0.1) is 0 Å². The number of hydrogen-bond donors (Lipinski definition) is 0. The van der Waals surface area contributed by atoms with E-state index in [-0.39, 0.29) is 0 Å². The van der Waals surface area contributed by atoms with E-state index in [9.17, 15) is 4.57 Å². The third-order valence-electron chi connectivity index (χ3n) is 1.67. The van der Waals surface area contributed by atoms with Gasteiger partial charge in [-0.1, -0.05) is 0 Å². The van der Waals surface area contributed by atoms with E-state index in [0.717, 1.165) is 26.3 Å². The zero-order valence-corrected chi connectivity index (χ0v) is 7.43. The summed E-state index contributed by atoms with van der Waals surface area (Å²) in [5, 5.41) is 0. The second kappa shape index (κ2) is 3.04. The summed E-state index contributed by atoms with van der Waals surface area (Å²) in [6, 6.07) is 0. The highest BCUT2D eigenvalue weighted by molar-refractivity contribution is 7.59. The highest BCUT2D eigenvalue weighted by Crippen LogP contribution is 2.40. The van der Waals surface area contributed by atoms with Crippen molar-refractivity contribution < 1.29 is 9.30 Å². The Labute approximate surface area is 61.8 Å². The molecule has 1 saturated heterocycles. The maximum Gasteiger partial charge on any atom is 0.144 e. The minimum Gasteiger partial charge on any atom is -0.379 e. The van der Waals surface area contributed by atoms with Gasteiger partial charge in [0.25, 0.3) is 0 Å². The minimum atomic E-state index is -1.99. The van der Waals surface area contributed by atoms with Crippen molar-refractivity contribution in [3.8, 4) is 0 Å². The lowest BCUT2D eigenvalue weighted by molar-refractivity contribution is 0.0726. The quantitative estimate of drug-likeness (QED) is 0.537. The third kappa shape index (κ3) is 2.08. The molecule has 0 atom stereocenters. The molecule has 1 heterocycles. The van der Waals surface area contributed by atoms with Gasteiger partial charge in [0.15, 0.2) is 0 Å². The average molecular weight is 163 g/mol. The molecule has 4 heteroatoms. The van der Waals surface area contributed by atoms with Gasteiger partial charge in [-0.25, -0.2) is 4.67 Å². The first-order valence-electron chi connectivity index (χ1n) is 3.49. The van der Waals surface area contributed by atoms with E-state index in [1.807, 2.05) is 4.67 Å². The van der Waals surface area contributed by atoms with E-state index < -0.39 is 7.29 Å². The topological polar surface area (TPSA) is 29.5 Å². The average Bonchev–Trinajstić information content (AvgIpc) is 1.88. The summed E-state index contributed by atoms with van der Waals surface area (Å²) in [4.78, 5) is 0. The maximum atomic E-state index is 11.4. The molecule has 3 nitrogen and oxygen atoms in total. The van der Waals surface area contributed by atoms with Crippen molar-refractivity contribution >= 4 is 7.29 Å². The van der Waals surface area contributed by atoms with Gasteiger partial charge in [0.2, 0.25) is 0 Å². The molecule has 60 valence electrons. The molecule has 0 saturated carbocycles. The van der Waals surface area contributed by atoms with Crippen molar-refractivity contribution in [3.05, 3.63) is 0 Å². The zero-order chi connectivity index (χ0) is 7.61. The van der Waals surface area contributed by atoms with Crippen LogP contribution in [0.2, 0.25) is 0 Å². The molecule has 1 aliphatic heterocycles. The van der Waals surface area contributed by atoms with E-state index in [0.29, 0.717) is 0 Å². The third-order valence-corrected chi connectivity index (χ3v) is 3.43. The molecule has 0 spiro atoms. The molecule has 0 N–H and O–H groups in total. The van der Waals surface area contributed by atoms with Gasteiger partial charge >= 0.3 is 0 Å². The summed E-state index contributed by atoms with van der Waals surface area (Å²) in [6.07, 6.45) is 0. The van der Waals surface area contributed by atoms with Gasteiger partial charge in [0, 0.05) is 26.4 Å². The summed E-state index contributed by atoms with van der Waals surface area (Å²) in [6.45, 7) is 6.71. The van der Waals surface area contributed by atoms with Crippen LogP contribution in [0.4, 0.5) is 0 Å². The molecule has 0 unspecified atom stereocenters. The lowest BCUT2D eigenvalue weighted by atomic mass is 10.5. The van der Waals surface area contributed by atoms with Gasteiger partial charge in [0.1, 0.15) is 7.29 Å². The molecular weight excluding hydrogens is 149 g/mol. The first kappa shape index (κ1) is 8.25. The van der Waals surface area contributed by atoms with Crippen LogP contribution in [0.25, 0.3) is 0 Å². The van der Waals surface area contributed by atoms with Crippen LogP contribution in [0.1, 0.15) is 0 Å². The van der Waals surface area contributed by atoms with E-state index in [2.05, 4.69) is 0 Å². The van der Waals surface area contributed by atoms with Crippen molar-refractivity contribution in [2.45, 2.75) is 0 Å². The Kier molecular flexibility index (Phi) is 2.50. The van der Waals surface area contributed by atoms with Crippen LogP contribution in [0.5, 0.6) is 0 Å². The highest BCUT2D eigenvalue weighted by Gasteiger charge is 2.20. The van der Waals surface area contributed by atoms with Gasteiger partial charge in [-0.05, 0) is 0 Å². The fourth-order valence-corrected chi connectivity index (χ4v) is 2.16. The summed E-state index contributed by atoms with van der Waals surface area (Å²) >= 11 is 0. The molecule has 0 bridgehead atoms. The van der Waals surface area contributed by atoms with Gasteiger partial charge in [0.05, 0.1) is 13.2 Å². The number of rotatable bonds is 1. The standard InChI is InChI=1S/C6H14NO2P/c1-10(2,8)7-3-5-9-6-4-7/h3-6H2,1-2H3. The SMILES string of the molecule is CP(C)(=O)N1CCOCC1. The smallest absolute Gasteiger partial charge is 0.144 e. The van der Waals surface area contributed by atoms with Crippen molar-refractivity contribution in [2.75, 3.05) is 39.6 Å². The first-order valence-corrected chi connectivity index (χ1v) is 6.04. The van der Waals surface area contributed by atoms with E-state index in [4.69, 9.17) is 4.74 Å². The molecule has 1 fully saturated rings. The Morgan fingerprint density at radius 1 is 1.30 bits per heavy atom. The second-order valence-electron chi connectivity index (χ2n) is 2.86. The largest absolute Gasteiger partial charge is 0.379 e. The van der Waals surface area contributed by atoms with Gasteiger partial charge in [-0.2, -0.15) is 0 Å². The van der Waals surface area contributed by atoms with Crippen LogP contribution < -0.4 is 0 Å². The molecule has 1 rings (SSSR count). The number of hydrogen-bond acceptors (Lipinski definition) is 2. The minimum absolute atomic E-state index is 0.728. The fourth-order valence-electron chi connectivity index (χ4n) is 1.04. The highest BCUT2D eigenvalue weighted by atomic mass is 31.2. The van der Waals surface area contributed by atoms with Crippen molar-refractivity contribution in [3.63, 3.8) is 0 Å². The Morgan fingerprint density at radius 2 is 1.80 bits per heavy atom. The van der Waals surface area contributed by atoms with Gasteiger partial charge in [-0.3, -0.25) is 0 Å². The molecule has 0 aliphatic carbocycles. The van der Waals surface area contributed by atoms with Crippen LogP contribution in [0.15, 0.2) is 0 Å². The van der Waals surface area contributed by atoms with Crippen LogP contribution in [0.3, 0.4) is 0 Å². The van der Waals surface area contributed by atoms with Crippen LogP contribution in [-0.4, -0.2) is 44.3 Å². The van der Waals surface area contributed by atoms with E-state index in [1.54, 1.807) is 13.3 Å². The number of ether oxygens (including phenoxy) is 1. The molecule has 0 aromatic rings. The summed E-state index contributed by atoms with van der Waals surface area (Å²) < 4.78 is 18.6. The lowest BCUT2D eigenvalue weighted by Gasteiger charge is -2.29. The maximum absolute atomic E-state index is 11.4. The molecule has 10 heavy (non-hydrogen) atoms. The molecule has 0 radical (unpaired) electrons. The number of morpholine rings is 1. The van der Waals surface area contributed by atoms with E-state index in [1.165, 1.54) is 0 Å². The Balaban J connectivity index is 2.47. The van der Waals surface area contributed by atoms with Crippen molar-refractivity contribution in [1.82, 2.24) is 4.67 Å². The zero-order valence-electron chi connectivity index (χ0n) is 6.54. The predicted octanol–water partition coefficient (Wildman–Crippen LogP) is 0.856. The Morgan fingerprint density at radius 3 is 2.10 bits per heavy atom. The molecule has 1 aliphatic rings. The second-order valence-corrected chi connectivity index (χ2v) is 6.01. The van der Waals surface area contributed by atoms with Crippen molar-refractivity contribution in [1.29, 1.82) is 0 Å². The Hall–Kier alpha value is 0.150. The summed E-state index contributed by atoms with van der Waals surface area (Å²) in [5.41, 5.74) is 0. The Bertz CT molecular complexity index is 148. The normalized spacial score (nSPS) is 23.0. The predicted molar refractivity (Wildman–Crippen MR) is 41.8 cm³/mol. The first-order chi connectivity index (χ1) is 4.61. The lowest BCUT2D eigenvalue weighted by Crippen LogP contribution is -2.33. The van der Waals surface area contributed by atoms with Crippen molar-refractivity contribution in [2.24, 2.45) is 0 Å². The monoisotopic (exact) mass is 163 g/mol. The van der Waals surface area contributed by atoms with E-state index >= 15 is 0 Å².